The Bertz CT molecular complexity index is 1370. The Kier molecular flexibility index (Phi) is 14.9. The van der Waals surface area contributed by atoms with Gasteiger partial charge >= 0.3 is 11.9 Å². The molecule has 0 fully saturated rings. The smallest absolute Gasteiger partial charge is 0.336 e. The van der Waals surface area contributed by atoms with E-state index in [0.29, 0.717) is 19.4 Å². The second-order valence-corrected chi connectivity index (χ2v) is 11.3. The fraction of sp³-hybridized carbons (Fsp3) is 0.441. The topological polar surface area (TPSA) is 134 Å². The number of aryl methyl sites for hydroxylation is 2. The van der Waals surface area contributed by atoms with Crippen LogP contribution in [0.1, 0.15) is 56.1 Å². The van der Waals surface area contributed by atoms with Crippen LogP contribution >= 0.6 is 11.6 Å². The number of carbonyl (C=O) groups excluding carboxylic acids is 1. The molecule has 3 aromatic carbocycles. The Balaban J connectivity index is 1.38. The van der Waals surface area contributed by atoms with Crippen LogP contribution < -0.4 is 10.6 Å². The van der Waals surface area contributed by atoms with Crippen LogP contribution in [0.5, 0.6) is 0 Å². The van der Waals surface area contributed by atoms with Crippen LogP contribution in [0.25, 0.3) is 10.8 Å². The highest BCUT2D eigenvalue weighted by Gasteiger charge is 2.36. The molecule has 0 saturated carbocycles. The third-order valence-corrected chi connectivity index (χ3v) is 7.70. The van der Waals surface area contributed by atoms with Gasteiger partial charge in [-0.2, -0.15) is 0 Å². The molecule has 4 N–H and O–H groups in total. The number of benzene rings is 3. The molecule has 0 aliphatic heterocycles. The second kappa shape index (κ2) is 18.9. The van der Waals surface area contributed by atoms with Gasteiger partial charge in [-0.1, -0.05) is 79.4 Å². The molecule has 10 heteroatoms. The second-order valence-electron chi connectivity index (χ2n) is 10.8. The van der Waals surface area contributed by atoms with E-state index in [4.69, 9.17) is 26.2 Å². The number of hydrogen-bond acceptors (Lipinski definition) is 6. The van der Waals surface area contributed by atoms with Crippen molar-refractivity contribution >= 4 is 45.9 Å². The van der Waals surface area contributed by atoms with Crippen LogP contribution in [0.15, 0.2) is 60.7 Å². The van der Waals surface area contributed by atoms with Crippen molar-refractivity contribution in [2.75, 3.05) is 31.6 Å². The Labute approximate surface area is 263 Å². The first-order valence-corrected chi connectivity index (χ1v) is 15.6. The van der Waals surface area contributed by atoms with E-state index in [2.05, 4.69) is 41.0 Å². The Morgan fingerprint density at radius 3 is 2.27 bits per heavy atom. The van der Waals surface area contributed by atoms with Crippen LogP contribution in [-0.2, 0) is 30.3 Å². The summed E-state index contributed by atoms with van der Waals surface area (Å²) in [5.74, 6) is -3.41. The number of halogens is 1. The minimum Gasteiger partial charge on any atom is -0.480 e. The lowest BCUT2D eigenvalue weighted by Crippen LogP contribution is -2.49. The van der Waals surface area contributed by atoms with Gasteiger partial charge < -0.3 is 30.3 Å². The molecule has 0 saturated heterocycles. The van der Waals surface area contributed by atoms with Crippen molar-refractivity contribution in [2.45, 2.75) is 70.5 Å². The molecule has 3 aromatic rings. The maximum Gasteiger partial charge on any atom is 0.336 e. The molecule has 2 unspecified atom stereocenters. The summed E-state index contributed by atoms with van der Waals surface area (Å²) in [6, 6.07) is 20.5. The van der Waals surface area contributed by atoms with E-state index < -0.39 is 36.7 Å². The normalized spacial score (nSPS) is 12.5. The molecular formula is C34H43ClN2O7. The number of carbonyl (C=O) groups is 3. The van der Waals surface area contributed by atoms with Crippen molar-refractivity contribution in [3.8, 4) is 0 Å². The largest absolute Gasteiger partial charge is 0.480 e. The number of aliphatic carboxylic acids is 2. The van der Waals surface area contributed by atoms with Gasteiger partial charge in [0.25, 0.3) is 5.91 Å². The minimum atomic E-state index is -1.73. The number of hydrogen-bond donors (Lipinski definition) is 4. The van der Waals surface area contributed by atoms with E-state index in [1.54, 1.807) is 0 Å². The van der Waals surface area contributed by atoms with Crippen LogP contribution in [-0.4, -0.2) is 66.6 Å². The lowest BCUT2D eigenvalue weighted by Gasteiger charge is -2.23. The Morgan fingerprint density at radius 2 is 1.52 bits per heavy atom. The molecule has 3 rings (SSSR count). The number of ether oxygens (including phenoxy) is 2. The molecular weight excluding hydrogens is 584 g/mol. The summed E-state index contributed by atoms with van der Waals surface area (Å²) < 4.78 is 10.7. The molecule has 0 bridgehead atoms. The number of rotatable bonds is 21. The fourth-order valence-corrected chi connectivity index (χ4v) is 4.99. The van der Waals surface area contributed by atoms with E-state index in [0.717, 1.165) is 61.3 Å². The van der Waals surface area contributed by atoms with Crippen molar-refractivity contribution < 1.29 is 34.1 Å². The Morgan fingerprint density at radius 1 is 0.795 bits per heavy atom. The molecule has 2 atom stereocenters. The molecule has 0 heterocycles. The third-order valence-electron chi connectivity index (χ3n) is 7.29. The van der Waals surface area contributed by atoms with Crippen LogP contribution in [0.4, 0.5) is 5.69 Å². The molecule has 44 heavy (non-hydrogen) atoms. The van der Waals surface area contributed by atoms with E-state index in [1.165, 1.54) is 16.3 Å². The van der Waals surface area contributed by atoms with Gasteiger partial charge in [-0.15, -0.1) is 0 Å². The van der Waals surface area contributed by atoms with Gasteiger partial charge in [0.15, 0.2) is 12.2 Å². The van der Waals surface area contributed by atoms with Crippen molar-refractivity contribution in [1.29, 1.82) is 0 Å². The standard InChI is InChI=1S/C34H43ClN2O7/c1-24-14-17-28(22-29(24)35)36-18-8-2-3-10-20-43-31(32(34(41)42)44-23-30(38)39)33(40)37-19-9-4-5-11-25-15-16-26-12-6-7-13-27(26)21-25/h6-7,12-17,21-22,31-32,36H,2-5,8-11,18-20,23H2,1H3,(H,37,40)(H,38,39)(H,41,42). The fourth-order valence-electron chi connectivity index (χ4n) is 4.81. The van der Waals surface area contributed by atoms with Crippen LogP contribution in [0, 0.1) is 6.92 Å². The summed E-state index contributed by atoms with van der Waals surface area (Å²) in [5.41, 5.74) is 3.24. The number of fused-ring (bicyclic) bond motifs is 1. The van der Waals surface area contributed by atoms with Gasteiger partial charge in [0.2, 0.25) is 0 Å². The van der Waals surface area contributed by atoms with Crippen molar-refractivity contribution in [2.24, 2.45) is 0 Å². The van der Waals surface area contributed by atoms with E-state index in [9.17, 15) is 19.5 Å². The highest BCUT2D eigenvalue weighted by Crippen LogP contribution is 2.20. The predicted octanol–water partition coefficient (Wildman–Crippen LogP) is 6.24. The minimum absolute atomic E-state index is 0.144. The average Bonchev–Trinajstić information content (AvgIpc) is 3.00. The first kappa shape index (κ1) is 34.8. The van der Waals surface area contributed by atoms with Gasteiger partial charge in [-0.05, 0) is 73.1 Å². The Hall–Kier alpha value is -3.66. The van der Waals surface area contributed by atoms with E-state index in [1.807, 2.05) is 37.3 Å². The molecule has 9 nitrogen and oxygen atoms in total. The van der Waals surface area contributed by atoms with Gasteiger partial charge in [0, 0.05) is 30.4 Å². The molecule has 238 valence electrons. The summed E-state index contributed by atoms with van der Waals surface area (Å²) in [6.07, 6.45) is 3.51. The number of unbranched alkanes of at least 4 members (excludes halogenated alkanes) is 5. The molecule has 0 aliphatic carbocycles. The summed E-state index contributed by atoms with van der Waals surface area (Å²) in [6.45, 7) is 2.37. The first-order valence-electron chi connectivity index (χ1n) is 15.2. The molecule has 1 amide bonds. The van der Waals surface area contributed by atoms with Crippen molar-refractivity contribution in [3.63, 3.8) is 0 Å². The van der Waals surface area contributed by atoms with Crippen LogP contribution in [0.2, 0.25) is 5.02 Å². The zero-order valence-corrected chi connectivity index (χ0v) is 26.0. The van der Waals surface area contributed by atoms with E-state index in [-0.39, 0.29) is 6.61 Å². The number of nitrogens with one attached hydrogen (secondary N) is 2. The molecule has 0 aliphatic rings. The summed E-state index contributed by atoms with van der Waals surface area (Å²) in [5, 5.41) is 27.8. The summed E-state index contributed by atoms with van der Waals surface area (Å²) >= 11 is 6.16. The highest BCUT2D eigenvalue weighted by molar-refractivity contribution is 6.31. The quantitative estimate of drug-likeness (QED) is 0.102. The van der Waals surface area contributed by atoms with Gasteiger partial charge in [-0.3, -0.25) is 4.79 Å². The van der Waals surface area contributed by atoms with Gasteiger partial charge in [0.1, 0.15) is 6.61 Å². The van der Waals surface area contributed by atoms with Crippen LogP contribution in [0.3, 0.4) is 0 Å². The molecule has 0 aromatic heterocycles. The van der Waals surface area contributed by atoms with Crippen molar-refractivity contribution in [3.05, 3.63) is 76.8 Å². The maximum atomic E-state index is 13.0. The zero-order valence-electron chi connectivity index (χ0n) is 25.2. The number of anilines is 1. The SMILES string of the molecule is Cc1ccc(NCCCCCCOC(C(=O)NCCCCCc2ccc3ccccc3c2)C(OCC(=O)O)C(=O)O)cc1Cl. The number of carboxylic acid groups (broad SMARTS) is 2. The average molecular weight is 627 g/mol. The number of carboxylic acids is 2. The van der Waals surface area contributed by atoms with Gasteiger partial charge in [0.05, 0.1) is 0 Å². The molecule has 0 spiro atoms. The highest BCUT2D eigenvalue weighted by atomic mass is 35.5. The lowest BCUT2D eigenvalue weighted by atomic mass is 10.0. The summed E-state index contributed by atoms with van der Waals surface area (Å²) in [4.78, 5) is 35.8. The van der Waals surface area contributed by atoms with E-state index >= 15 is 0 Å². The monoisotopic (exact) mass is 626 g/mol. The zero-order chi connectivity index (χ0) is 31.7. The van der Waals surface area contributed by atoms with Crippen molar-refractivity contribution in [1.82, 2.24) is 5.32 Å². The third kappa shape index (κ3) is 12.1. The summed E-state index contributed by atoms with van der Waals surface area (Å²) in [7, 11) is 0. The number of amides is 1. The lowest BCUT2D eigenvalue weighted by molar-refractivity contribution is -0.172. The predicted molar refractivity (Wildman–Crippen MR) is 172 cm³/mol. The molecule has 0 radical (unpaired) electrons. The maximum absolute atomic E-state index is 13.0. The first-order chi connectivity index (χ1) is 21.2. The van der Waals surface area contributed by atoms with Gasteiger partial charge in [-0.25, -0.2) is 9.59 Å².